The summed E-state index contributed by atoms with van der Waals surface area (Å²) in [6, 6.07) is 4.55. The second-order valence-corrected chi connectivity index (χ2v) is 7.58. The van der Waals surface area contributed by atoms with E-state index in [-0.39, 0.29) is 41.2 Å². The topological polar surface area (TPSA) is 37.4 Å². The van der Waals surface area contributed by atoms with E-state index in [0.29, 0.717) is 11.8 Å². The first-order valence-corrected chi connectivity index (χ1v) is 8.43. The minimum Gasteiger partial charge on any atom is -0.274 e. The van der Waals surface area contributed by atoms with Gasteiger partial charge >= 0.3 is 6.18 Å². The molecule has 1 heterocycles. The van der Waals surface area contributed by atoms with Gasteiger partial charge in [0.1, 0.15) is 0 Å². The van der Waals surface area contributed by atoms with Crippen LogP contribution >= 0.6 is 0 Å². The molecule has 0 unspecified atom stereocenters. The molecule has 1 aromatic carbocycles. The van der Waals surface area contributed by atoms with Crippen LogP contribution in [0.1, 0.15) is 24.8 Å². The predicted octanol–water partition coefficient (Wildman–Crippen LogP) is 3.49. The average Bonchev–Trinajstić information content (AvgIpc) is 3.31. The monoisotopic (exact) mass is 335 g/mol. The number of nitrogens with zero attached hydrogens (tertiary/aromatic N) is 1. The number of halogens is 3. The summed E-state index contributed by atoms with van der Waals surface area (Å²) in [7, 11) is 0. The number of carbonyl (C=O) groups is 2. The molecule has 0 radical (unpaired) electrons. The Morgan fingerprint density at radius 2 is 1.50 bits per heavy atom. The number of carbonyl (C=O) groups excluding carboxylic acids is 2. The van der Waals surface area contributed by atoms with Crippen molar-refractivity contribution >= 4 is 17.5 Å². The molecule has 2 amide bonds. The third kappa shape index (κ3) is 1.74. The molecule has 24 heavy (non-hydrogen) atoms. The zero-order chi connectivity index (χ0) is 16.8. The van der Waals surface area contributed by atoms with Gasteiger partial charge < -0.3 is 0 Å². The molecule has 0 N–H and O–H groups in total. The zero-order valence-electron chi connectivity index (χ0n) is 12.8. The molecule has 4 aliphatic carbocycles. The van der Waals surface area contributed by atoms with Crippen molar-refractivity contribution in [2.45, 2.75) is 25.4 Å². The van der Waals surface area contributed by atoms with Crippen molar-refractivity contribution in [2.75, 3.05) is 4.90 Å². The van der Waals surface area contributed by atoms with Gasteiger partial charge in [-0.1, -0.05) is 6.07 Å². The normalized spacial score (nSPS) is 39.9. The fraction of sp³-hybridized carbons (Fsp3) is 0.556. The third-order valence-electron chi connectivity index (χ3n) is 6.58. The van der Waals surface area contributed by atoms with Crippen LogP contribution in [0.5, 0.6) is 0 Å². The van der Waals surface area contributed by atoms with Gasteiger partial charge in [0.15, 0.2) is 0 Å². The van der Waals surface area contributed by atoms with Crippen LogP contribution in [-0.2, 0) is 15.8 Å². The fourth-order valence-electron chi connectivity index (χ4n) is 5.61. The minimum atomic E-state index is -4.49. The molecule has 6 atom stereocenters. The predicted molar refractivity (Wildman–Crippen MR) is 78.7 cm³/mol. The van der Waals surface area contributed by atoms with Crippen LogP contribution in [0.3, 0.4) is 0 Å². The highest BCUT2D eigenvalue weighted by atomic mass is 19.4. The van der Waals surface area contributed by atoms with Gasteiger partial charge in [-0.3, -0.25) is 14.5 Å². The van der Waals surface area contributed by atoms with Crippen LogP contribution in [0.25, 0.3) is 0 Å². The van der Waals surface area contributed by atoms with Crippen molar-refractivity contribution in [3.8, 4) is 0 Å². The molecule has 126 valence electrons. The molecule has 4 saturated carbocycles. The molecule has 6 rings (SSSR count). The second-order valence-electron chi connectivity index (χ2n) is 7.58. The highest BCUT2D eigenvalue weighted by Gasteiger charge is 2.68. The number of anilines is 1. The van der Waals surface area contributed by atoms with E-state index in [1.165, 1.54) is 12.1 Å². The van der Waals surface area contributed by atoms with E-state index in [0.717, 1.165) is 36.3 Å². The quantitative estimate of drug-likeness (QED) is 0.737. The van der Waals surface area contributed by atoms with Gasteiger partial charge in [0.2, 0.25) is 11.8 Å². The molecule has 2 bridgehead atoms. The maximum atomic E-state index is 12.9. The van der Waals surface area contributed by atoms with Crippen LogP contribution in [0.4, 0.5) is 18.9 Å². The van der Waals surface area contributed by atoms with Gasteiger partial charge in [0.25, 0.3) is 0 Å². The molecular formula is C18H16F3NO2. The van der Waals surface area contributed by atoms with Crippen LogP contribution < -0.4 is 4.90 Å². The van der Waals surface area contributed by atoms with Gasteiger partial charge in [-0.25, -0.2) is 0 Å². The summed E-state index contributed by atoms with van der Waals surface area (Å²) in [6.07, 6.45) is -1.42. The van der Waals surface area contributed by atoms with Crippen LogP contribution in [0.15, 0.2) is 24.3 Å². The van der Waals surface area contributed by atoms with E-state index in [9.17, 15) is 22.8 Å². The highest BCUT2D eigenvalue weighted by molar-refractivity contribution is 6.22. The molecule has 0 spiro atoms. The summed E-state index contributed by atoms with van der Waals surface area (Å²) in [5.74, 6) is 0.416. The fourth-order valence-corrected chi connectivity index (χ4v) is 5.61. The third-order valence-corrected chi connectivity index (χ3v) is 6.58. The van der Waals surface area contributed by atoms with Crippen molar-refractivity contribution in [1.29, 1.82) is 0 Å². The number of hydrogen-bond donors (Lipinski definition) is 0. The summed E-state index contributed by atoms with van der Waals surface area (Å²) >= 11 is 0. The Morgan fingerprint density at radius 1 is 0.917 bits per heavy atom. The molecule has 1 saturated heterocycles. The summed E-state index contributed by atoms with van der Waals surface area (Å²) < 4.78 is 38.8. The van der Waals surface area contributed by atoms with E-state index in [4.69, 9.17) is 0 Å². The first-order chi connectivity index (χ1) is 11.4. The number of rotatable bonds is 1. The van der Waals surface area contributed by atoms with Crippen molar-refractivity contribution in [3.05, 3.63) is 29.8 Å². The van der Waals surface area contributed by atoms with Crippen molar-refractivity contribution in [1.82, 2.24) is 0 Å². The van der Waals surface area contributed by atoms with Crippen molar-refractivity contribution in [2.24, 2.45) is 35.5 Å². The lowest BCUT2D eigenvalue weighted by molar-refractivity contribution is -0.137. The molecule has 1 aliphatic heterocycles. The summed E-state index contributed by atoms with van der Waals surface area (Å²) in [5.41, 5.74) is -0.774. The Balaban J connectivity index is 1.54. The maximum Gasteiger partial charge on any atom is 0.416 e. The Bertz CT molecular complexity index is 725. The number of amides is 2. The van der Waals surface area contributed by atoms with Gasteiger partial charge in [0.05, 0.1) is 23.1 Å². The minimum absolute atomic E-state index is 0.0577. The highest BCUT2D eigenvalue weighted by Crippen LogP contribution is 2.68. The van der Waals surface area contributed by atoms with Crippen molar-refractivity contribution in [3.63, 3.8) is 0 Å². The van der Waals surface area contributed by atoms with E-state index in [1.807, 2.05) is 0 Å². The van der Waals surface area contributed by atoms with Crippen molar-refractivity contribution < 1.29 is 22.8 Å². The molecule has 5 aliphatic rings. The number of alkyl halides is 3. The number of imide groups is 1. The molecule has 3 nitrogen and oxygen atoms in total. The van der Waals surface area contributed by atoms with Crippen LogP contribution in [-0.4, -0.2) is 11.8 Å². The summed E-state index contributed by atoms with van der Waals surface area (Å²) in [4.78, 5) is 26.8. The Labute approximate surface area is 136 Å². The lowest BCUT2D eigenvalue weighted by Crippen LogP contribution is -2.43. The zero-order valence-corrected chi connectivity index (χ0v) is 12.8. The Morgan fingerprint density at radius 3 is 2.04 bits per heavy atom. The summed E-state index contributed by atoms with van der Waals surface area (Å²) in [6.45, 7) is 0. The first-order valence-electron chi connectivity index (χ1n) is 8.43. The molecule has 1 aromatic rings. The van der Waals surface area contributed by atoms with E-state index >= 15 is 0 Å². The largest absolute Gasteiger partial charge is 0.416 e. The molecule has 5 fully saturated rings. The number of hydrogen-bond acceptors (Lipinski definition) is 2. The molecule has 6 heteroatoms. The van der Waals surface area contributed by atoms with E-state index in [2.05, 4.69) is 0 Å². The lowest BCUT2D eigenvalue weighted by atomic mass is 9.59. The van der Waals surface area contributed by atoms with Gasteiger partial charge in [-0.2, -0.15) is 13.2 Å². The van der Waals surface area contributed by atoms with Gasteiger partial charge in [-0.15, -0.1) is 0 Å². The second kappa shape index (κ2) is 4.41. The van der Waals surface area contributed by atoms with Crippen LogP contribution in [0, 0.1) is 35.5 Å². The maximum absolute atomic E-state index is 12.9. The lowest BCUT2D eigenvalue weighted by Gasteiger charge is -2.42. The van der Waals surface area contributed by atoms with E-state index < -0.39 is 11.7 Å². The average molecular weight is 335 g/mol. The van der Waals surface area contributed by atoms with Gasteiger partial charge in [-0.05, 0) is 61.1 Å². The summed E-state index contributed by atoms with van der Waals surface area (Å²) in [5, 5.41) is 0. The first kappa shape index (κ1) is 14.5. The van der Waals surface area contributed by atoms with Crippen LogP contribution in [0.2, 0.25) is 0 Å². The Kier molecular flexibility index (Phi) is 2.66. The van der Waals surface area contributed by atoms with Gasteiger partial charge in [0, 0.05) is 0 Å². The van der Waals surface area contributed by atoms with E-state index in [1.54, 1.807) is 0 Å². The standard InChI is InChI=1S/C18H16F3NO2/c19-18(20,21)8-2-1-3-9(6-8)22-16(23)14-10-4-5-11(13-7-12(10)13)15(14)17(22)24/h1-3,6,10-15H,4-5,7H2/t10-,11+,12+,13-,14-,15+. The molecule has 0 aromatic heterocycles. The number of benzene rings is 1. The smallest absolute Gasteiger partial charge is 0.274 e. The SMILES string of the molecule is O=C1[C@@H]2[C@@H]3CC[C@@H]([C@H]4C[C@H]43)[C@@H]2C(=O)N1c1cccc(C(F)(F)F)c1. The number of fused-ring (bicyclic) bond motifs is 1. The molecular weight excluding hydrogens is 319 g/mol. The Hall–Kier alpha value is -1.85.